The maximum Gasteiger partial charge on any atom is 0.391 e. The van der Waals surface area contributed by atoms with Crippen LogP contribution in [0.1, 0.15) is 56.3 Å². The highest BCUT2D eigenvalue weighted by atomic mass is 19.4. The standard InChI is InChI=1S/C12H11NO3.C7H11F3.C2H6/c1-15-11-10-4-3-9(12(14)16-2)7-8(10)5-6-13-11;8-7(9,10)6-4-2-1-3-5-6;1-2/h3-7H,1-2H3;6H,1-5H2;1-2H3. The summed E-state index contributed by atoms with van der Waals surface area (Å²) in [5, 5.41) is 1.77. The molecule has 1 heterocycles. The molecule has 0 unspecified atom stereocenters. The quantitative estimate of drug-likeness (QED) is 0.565. The van der Waals surface area contributed by atoms with E-state index in [1.54, 1.807) is 31.5 Å². The summed E-state index contributed by atoms with van der Waals surface area (Å²) in [6.45, 7) is 4.00. The molecule has 0 N–H and O–H groups in total. The molecule has 1 aliphatic carbocycles. The lowest BCUT2D eigenvalue weighted by molar-refractivity contribution is -0.181. The number of ether oxygens (including phenoxy) is 2. The van der Waals surface area contributed by atoms with Crippen LogP contribution in [-0.2, 0) is 4.74 Å². The van der Waals surface area contributed by atoms with Gasteiger partial charge < -0.3 is 9.47 Å². The van der Waals surface area contributed by atoms with Gasteiger partial charge in [0.05, 0.1) is 25.7 Å². The van der Waals surface area contributed by atoms with Crippen LogP contribution in [0.5, 0.6) is 5.88 Å². The normalized spacial score (nSPS) is 14.2. The van der Waals surface area contributed by atoms with Crippen molar-refractivity contribution in [2.24, 2.45) is 5.92 Å². The number of alkyl halides is 3. The van der Waals surface area contributed by atoms with E-state index in [9.17, 15) is 18.0 Å². The number of benzene rings is 1. The maximum atomic E-state index is 11.9. The molecule has 1 aliphatic rings. The molecule has 1 aromatic carbocycles. The summed E-state index contributed by atoms with van der Waals surface area (Å²) in [4.78, 5) is 15.4. The Kier molecular flexibility index (Phi) is 9.76. The SMILES string of the molecule is CC.COC(=O)c1ccc2c(OC)nccc2c1.FC(F)(F)C1CCCCC1. The number of pyridine rings is 1. The molecular formula is C21H28F3NO3. The molecule has 1 fully saturated rings. The van der Waals surface area contributed by atoms with Crippen molar-refractivity contribution < 1.29 is 27.4 Å². The Labute approximate surface area is 164 Å². The third kappa shape index (κ3) is 6.69. The largest absolute Gasteiger partial charge is 0.481 e. The van der Waals surface area contributed by atoms with Crippen LogP contribution < -0.4 is 4.74 Å². The fourth-order valence-corrected chi connectivity index (χ4v) is 2.99. The molecule has 4 nitrogen and oxygen atoms in total. The number of hydrogen-bond donors (Lipinski definition) is 0. The first kappa shape index (κ1) is 23.7. The molecular weight excluding hydrogens is 371 g/mol. The molecule has 0 spiro atoms. The Morgan fingerprint density at radius 3 is 2.21 bits per heavy atom. The number of rotatable bonds is 2. The lowest BCUT2D eigenvalue weighted by atomic mass is 9.89. The summed E-state index contributed by atoms with van der Waals surface area (Å²) >= 11 is 0. The molecule has 1 aromatic heterocycles. The fraction of sp³-hybridized carbons (Fsp3) is 0.524. The molecule has 2 aromatic rings. The summed E-state index contributed by atoms with van der Waals surface area (Å²) in [7, 11) is 2.93. The minimum atomic E-state index is -3.93. The summed E-state index contributed by atoms with van der Waals surface area (Å²) in [6.07, 6.45) is 0.899. The molecule has 0 atom stereocenters. The highest BCUT2D eigenvalue weighted by Crippen LogP contribution is 2.37. The Morgan fingerprint density at radius 2 is 1.71 bits per heavy atom. The van der Waals surface area contributed by atoms with E-state index in [-0.39, 0.29) is 5.97 Å². The van der Waals surface area contributed by atoms with Crippen molar-refractivity contribution in [3.05, 3.63) is 36.0 Å². The molecule has 156 valence electrons. The van der Waals surface area contributed by atoms with E-state index < -0.39 is 12.1 Å². The zero-order valence-electron chi connectivity index (χ0n) is 16.8. The third-order valence-corrected chi connectivity index (χ3v) is 4.41. The number of carbonyl (C=O) groups is 1. The van der Waals surface area contributed by atoms with Crippen molar-refractivity contribution in [1.29, 1.82) is 0 Å². The Morgan fingerprint density at radius 1 is 1.07 bits per heavy atom. The number of fused-ring (bicyclic) bond motifs is 1. The van der Waals surface area contributed by atoms with Crippen molar-refractivity contribution in [1.82, 2.24) is 4.98 Å². The van der Waals surface area contributed by atoms with Crippen LogP contribution in [0.4, 0.5) is 13.2 Å². The van der Waals surface area contributed by atoms with Gasteiger partial charge in [-0.2, -0.15) is 13.2 Å². The first-order valence-electron chi connectivity index (χ1n) is 9.44. The summed E-state index contributed by atoms with van der Waals surface area (Å²) in [5.41, 5.74) is 0.517. The summed E-state index contributed by atoms with van der Waals surface area (Å²) in [5.74, 6) is -0.798. The second kappa shape index (κ2) is 11.5. The van der Waals surface area contributed by atoms with Crippen LogP contribution in [0.15, 0.2) is 30.5 Å². The minimum absolute atomic E-state index is 0.349. The number of aromatic nitrogens is 1. The van der Waals surface area contributed by atoms with E-state index in [4.69, 9.17) is 4.74 Å². The Bertz CT molecular complexity index is 741. The molecule has 0 saturated heterocycles. The number of methoxy groups -OCH3 is 2. The zero-order valence-corrected chi connectivity index (χ0v) is 16.8. The molecule has 0 amide bonds. The van der Waals surface area contributed by atoms with Gasteiger partial charge in [-0.25, -0.2) is 9.78 Å². The van der Waals surface area contributed by atoms with Gasteiger partial charge in [0.25, 0.3) is 0 Å². The molecule has 1 saturated carbocycles. The first-order chi connectivity index (χ1) is 13.4. The zero-order chi connectivity index (χ0) is 21.2. The van der Waals surface area contributed by atoms with Crippen molar-refractivity contribution in [2.45, 2.75) is 52.1 Å². The van der Waals surface area contributed by atoms with Crippen LogP contribution in [0.25, 0.3) is 10.8 Å². The molecule has 0 radical (unpaired) electrons. The monoisotopic (exact) mass is 399 g/mol. The average molecular weight is 399 g/mol. The van der Waals surface area contributed by atoms with Crippen LogP contribution in [-0.4, -0.2) is 31.3 Å². The lowest BCUT2D eigenvalue weighted by Gasteiger charge is -2.23. The van der Waals surface area contributed by atoms with Gasteiger partial charge in [-0.05, 0) is 42.5 Å². The Hall–Kier alpha value is -2.31. The number of nitrogens with zero attached hydrogens (tertiary/aromatic N) is 1. The predicted octanol–water partition coefficient (Wildman–Crippen LogP) is 6.19. The predicted molar refractivity (Wildman–Crippen MR) is 104 cm³/mol. The van der Waals surface area contributed by atoms with Gasteiger partial charge in [0.2, 0.25) is 5.88 Å². The maximum absolute atomic E-state index is 11.9. The lowest BCUT2D eigenvalue weighted by Crippen LogP contribution is -2.24. The topological polar surface area (TPSA) is 48.4 Å². The molecule has 7 heteroatoms. The Balaban J connectivity index is 0.000000281. The van der Waals surface area contributed by atoms with Crippen LogP contribution in [0.2, 0.25) is 0 Å². The second-order valence-corrected chi connectivity index (χ2v) is 6.12. The van der Waals surface area contributed by atoms with Gasteiger partial charge >= 0.3 is 12.1 Å². The van der Waals surface area contributed by atoms with Gasteiger partial charge in [0.1, 0.15) is 0 Å². The average Bonchev–Trinajstić information content (AvgIpc) is 2.74. The van der Waals surface area contributed by atoms with E-state index in [1.165, 1.54) is 7.11 Å². The third-order valence-electron chi connectivity index (χ3n) is 4.41. The highest BCUT2D eigenvalue weighted by Gasteiger charge is 2.39. The van der Waals surface area contributed by atoms with Crippen LogP contribution in [0, 0.1) is 5.92 Å². The van der Waals surface area contributed by atoms with Gasteiger partial charge in [-0.15, -0.1) is 0 Å². The van der Waals surface area contributed by atoms with E-state index >= 15 is 0 Å². The fourth-order valence-electron chi connectivity index (χ4n) is 2.99. The van der Waals surface area contributed by atoms with Crippen molar-refractivity contribution in [3.8, 4) is 5.88 Å². The molecule has 0 bridgehead atoms. The molecule has 28 heavy (non-hydrogen) atoms. The summed E-state index contributed by atoms with van der Waals surface area (Å²) in [6, 6.07) is 7.07. The van der Waals surface area contributed by atoms with E-state index in [1.807, 2.05) is 19.9 Å². The number of hydrogen-bond acceptors (Lipinski definition) is 4. The molecule has 0 aliphatic heterocycles. The van der Waals surface area contributed by atoms with Crippen LogP contribution in [0.3, 0.4) is 0 Å². The van der Waals surface area contributed by atoms with E-state index in [2.05, 4.69) is 9.72 Å². The van der Waals surface area contributed by atoms with Gasteiger partial charge in [-0.1, -0.05) is 33.1 Å². The smallest absolute Gasteiger partial charge is 0.391 e. The second-order valence-electron chi connectivity index (χ2n) is 6.12. The number of carbonyl (C=O) groups excluding carboxylic acids is 1. The first-order valence-corrected chi connectivity index (χ1v) is 9.44. The molecule has 3 rings (SSSR count). The highest BCUT2D eigenvalue weighted by molar-refractivity contribution is 5.96. The number of esters is 1. The van der Waals surface area contributed by atoms with E-state index in [0.717, 1.165) is 30.0 Å². The number of halogens is 3. The minimum Gasteiger partial charge on any atom is -0.481 e. The van der Waals surface area contributed by atoms with E-state index in [0.29, 0.717) is 24.3 Å². The van der Waals surface area contributed by atoms with Crippen molar-refractivity contribution in [3.63, 3.8) is 0 Å². The van der Waals surface area contributed by atoms with Crippen molar-refractivity contribution >= 4 is 16.7 Å². The summed E-state index contributed by atoms with van der Waals surface area (Å²) < 4.78 is 45.6. The van der Waals surface area contributed by atoms with Crippen molar-refractivity contribution in [2.75, 3.05) is 14.2 Å². The van der Waals surface area contributed by atoms with Gasteiger partial charge in [0, 0.05) is 11.6 Å². The van der Waals surface area contributed by atoms with Crippen LogP contribution >= 0.6 is 0 Å². The van der Waals surface area contributed by atoms with Gasteiger partial charge in [-0.3, -0.25) is 0 Å². The van der Waals surface area contributed by atoms with Gasteiger partial charge in [0.15, 0.2) is 0 Å².